The first kappa shape index (κ1) is 13.4. The van der Waals surface area contributed by atoms with Crippen LogP contribution in [0, 0.1) is 17.8 Å². The number of aromatic nitrogens is 1. The lowest BCUT2D eigenvalue weighted by molar-refractivity contribution is 0.0942. The Morgan fingerprint density at radius 3 is 3.00 bits per heavy atom. The molecule has 2 aliphatic carbocycles. The zero-order valence-corrected chi connectivity index (χ0v) is 12.0. The lowest BCUT2D eigenvalue weighted by Crippen LogP contribution is -2.31. The van der Waals surface area contributed by atoms with Crippen molar-refractivity contribution in [2.45, 2.75) is 32.1 Å². The first-order chi connectivity index (χ1) is 9.78. The van der Waals surface area contributed by atoms with Gasteiger partial charge in [-0.15, -0.1) is 0 Å². The largest absolute Gasteiger partial charge is 0.481 e. The van der Waals surface area contributed by atoms with E-state index in [0.717, 1.165) is 18.4 Å². The molecule has 20 heavy (non-hydrogen) atoms. The van der Waals surface area contributed by atoms with Gasteiger partial charge in [-0.1, -0.05) is 12.8 Å². The molecule has 1 aromatic heterocycles. The summed E-state index contributed by atoms with van der Waals surface area (Å²) >= 11 is 0. The Bertz CT molecular complexity index is 472. The van der Waals surface area contributed by atoms with Crippen molar-refractivity contribution in [3.05, 3.63) is 23.9 Å². The molecule has 0 aliphatic heterocycles. The van der Waals surface area contributed by atoms with E-state index in [9.17, 15) is 4.79 Å². The van der Waals surface area contributed by atoms with Crippen LogP contribution in [0.2, 0.25) is 0 Å². The monoisotopic (exact) mass is 274 g/mol. The number of ether oxygens (including phenoxy) is 1. The maximum atomic E-state index is 12.1. The molecular formula is C16H22N2O2. The molecule has 2 fully saturated rings. The lowest BCUT2D eigenvalue weighted by Gasteiger charge is -2.18. The molecule has 0 aromatic carbocycles. The van der Waals surface area contributed by atoms with Gasteiger partial charge in [0.1, 0.15) is 0 Å². The number of methoxy groups -OCH3 is 1. The van der Waals surface area contributed by atoms with E-state index in [-0.39, 0.29) is 5.91 Å². The van der Waals surface area contributed by atoms with Gasteiger partial charge in [0, 0.05) is 18.8 Å². The van der Waals surface area contributed by atoms with Gasteiger partial charge >= 0.3 is 0 Å². The van der Waals surface area contributed by atoms with Crippen LogP contribution in [0.15, 0.2) is 18.3 Å². The van der Waals surface area contributed by atoms with Crippen LogP contribution in [-0.2, 0) is 0 Å². The fourth-order valence-corrected chi connectivity index (χ4v) is 3.90. The molecule has 0 spiro atoms. The molecule has 4 heteroatoms. The number of hydrogen-bond donors (Lipinski definition) is 1. The third-order valence-corrected chi connectivity index (χ3v) is 4.96. The lowest BCUT2D eigenvalue weighted by atomic mass is 9.92. The molecular weight excluding hydrogens is 252 g/mol. The minimum Gasteiger partial charge on any atom is -0.481 e. The van der Waals surface area contributed by atoms with Crippen LogP contribution >= 0.6 is 0 Å². The predicted octanol–water partition coefficient (Wildman–Crippen LogP) is 2.65. The van der Waals surface area contributed by atoms with Crippen LogP contribution in [0.3, 0.4) is 0 Å². The number of hydrogen-bond acceptors (Lipinski definition) is 3. The van der Waals surface area contributed by atoms with E-state index in [0.29, 0.717) is 17.4 Å². The van der Waals surface area contributed by atoms with E-state index >= 15 is 0 Å². The van der Waals surface area contributed by atoms with Crippen molar-refractivity contribution in [2.75, 3.05) is 13.7 Å². The standard InChI is InChI=1S/C16H22N2O2/c1-20-15-8-7-13(10-17-15)16(19)18-9-12-6-5-11-3-2-4-14(11)12/h7-8,10-12,14H,2-6,9H2,1H3,(H,18,19)/t11-,12+,14-/m0/s1. The normalized spacial score (nSPS) is 28.1. The maximum Gasteiger partial charge on any atom is 0.252 e. The number of fused-ring (bicyclic) bond motifs is 1. The van der Waals surface area contributed by atoms with Gasteiger partial charge in [-0.2, -0.15) is 0 Å². The molecule has 1 N–H and O–H groups in total. The summed E-state index contributed by atoms with van der Waals surface area (Å²) < 4.78 is 4.99. The summed E-state index contributed by atoms with van der Waals surface area (Å²) in [6.07, 6.45) is 8.34. The van der Waals surface area contributed by atoms with E-state index in [1.807, 2.05) is 0 Å². The Morgan fingerprint density at radius 1 is 1.35 bits per heavy atom. The molecule has 2 saturated carbocycles. The van der Waals surface area contributed by atoms with Crippen molar-refractivity contribution in [2.24, 2.45) is 17.8 Å². The number of nitrogens with zero attached hydrogens (tertiary/aromatic N) is 1. The number of amides is 1. The highest BCUT2D eigenvalue weighted by atomic mass is 16.5. The van der Waals surface area contributed by atoms with Gasteiger partial charge in [0.15, 0.2) is 0 Å². The van der Waals surface area contributed by atoms with Crippen molar-refractivity contribution in [1.29, 1.82) is 0 Å². The van der Waals surface area contributed by atoms with Gasteiger partial charge < -0.3 is 10.1 Å². The Hall–Kier alpha value is -1.58. The fourth-order valence-electron chi connectivity index (χ4n) is 3.90. The van der Waals surface area contributed by atoms with Crippen LogP contribution in [0.5, 0.6) is 5.88 Å². The Labute approximate surface area is 119 Å². The first-order valence-corrected chi connectivity index (χ1v) is 7.56. The highest BCUT2D eigenvalue weighted by Crippen LogP contribution is 2.47. The zero-order chi connectivity index (χ0) is 13.9. The fraction of sp³-hybridized carbons (Fsp3) is 0.625. The molecule has 2 aliphatic rings. The number of nitrogens with one attached hydrogen (secondary N) is 1. The topological polar surface area (TPSA) is 51.2 Å². The van der Waals surface area contributed by atoms with Crippen LogP contribution in [0.4, 0.5) is 0 Å². The van der Waals surface area contributed by atoms with Crippen LogP contribution in [0.25, 0.3) is 0 Å². The van der Waals surface area contributed by atoms with Gasteiger partial charge in [0.2, 0.25) is 5.88 Å². The van der Waals surface area contributed by atoms with E-state index in [1.165, 1.54) is 32.1 Å². The Morgan fingerprint density at radius 2 is 2.25 bits per heavy atom. The number of carbonyl (C=O) groups excluding carboxylic acids is 1. The quantitative estimate of drug-likeness (QED) is 0.918. The minimum atomic E-state index is -0.0263. The average Bonchev–Trinajstić information content (AvgIpc) is 3.08. The second-order valence-corrected chi connectivity index (χ2v) is 5.99. The SMILES string of the molecule is COc1ccc(C(=O)NC[C@H]2CC[C@@H]3CCC[C@@H]32)cn1. The molecule has 1 amide bonds. The van der Waals surface area contributed by atoms with Crippen LogP contribution in [-0.4, -0.2) is 24.5 Å². The minimum absolute atomic E-state index is 0.0263. The van der Waals surface area contributed by atoms with Gasteiger partial charge in [-0.3, -0.25) is 4.79 Å². The van der Waals surface area contributed by atoms with Crippen molar-refractivity contribution < 1.29 is 9.53 Å². The van der Waals surface area contributed by atoms with Gasteiger partial charge in [-0.25, -0.2) is 4.98 Å². The molecule has 0 radical (unpaired) electrons. The second kappa shape index (κ2) is 5.81. The van der Waals surface area contributed by atoms with Crippen molar-refractivity contribution in [3.63, 3.8) is 0 Å². The first-order valence-electron chi connectivity index (χ1n) is 7.56. The smallest absolute Gasteiger partial charge is 0.252 e. The maximum absolute atomic E-state index is 12.1. The molecule has 1 aromatic rings. The van der Waals surface area contributed by atoms with Gasteiger partial charge in [0.05, 0.1) is 12.7 Å². The summed E-state index contributed by atoms with van der Waals surface area (Å²) in [4.78, 5) is 16.2. The molecule has 3 rings (SSSR count). The van der Waals surface area contributed by atoms with E-state index < -0.39 is 0 Å². The van der Waals surface area contributed by atoms with E-state index in [2.05, 4.69) is 10.3 Å². The average molecular weight is 274 g/mol. The summed E-state index contributed by atoms with van der Waals surface area (Å²) in [5.74, 6) is 2.97. The van der Waals surface area contributed by atoms with Crippen LogP contribution in [0.1, 0.15) is 42.5 Å². The second-order valence-electron chi connectivity index (χ2n) is 5.99. The van der Waals surface area contributed by atoms with E-state index in [1.54, 1.807) is 25.4 Å². The number of rotatable bonds is 4. The number of pyridine rings is 1. The van der Waals surface area contributed by atoms with E-state index in [4.69, 9.17) is 4.74 Å². The third-order valence-electron chi connectivity index (χ3n) is 4.96. The van der Waals surface area contributed by atoms with Gasteiger partial charge in [0.25, 0.3) is 5.91 Å². The van der Waals surface area contributed by atoms with Crippen molar-refractivity contribution in [3.8, 4) is 5.88 Å². The summed E-state index contributed by atoms with van der Waals surface area (Å²) in [5, 5.41) is 3.07. The molecule has 4 nitrogen and oxygen atoms in total. The third kappa shape index (κ3) is 2.65. The summed E-state index contributed by atoms with van der Waals surface area (Å²) in [6.45, 7) is 0.812. The number of carbonyl (C=O) groups is 1. The van der Waals surface area contributed by atoms with Gasteiger partial charge in [-0.05, 0) is 43.1 Å². The van der Waals surface area contributed by atoms with Crippen LogP contribution < -0.4 is 10.1 Å². The summed E-state index contributed by atoms with van der Waals surface area (Å²) in [6, 6.07) is 3.48. The molecule has 3 atom stereocenters. The predicted molar refractivity (Wildman–Crippen MR) is 76.7 cm³/mol. The van der Waals surface area contributed by atoms with Crippen molar-refractivity contribution >= 4 is 5.91 Å². The zero-order valence-electron chi connectivity index (χ0n) is 12.0. The summed E-state index contributed by atoms with van der Waals surface area (Å²) in [5.41, 5.74) is 0.603. The summed E-state index contributed by atoms with van der Waals surface area (Å²) in [7, 11) is 1.57. The molecule has 0 saturated heterocycles. The molecule has 108 valence electrons. The molecule has 0 unspecified atom stereocenters. The highest BCUT2D eigenvalue weighted by molar-refractivity contribution is 5.93. The molecule has 1 heterocycles. The Balaban J connectivity index is 1.53. The Kier molecular flexibility index (Phi) is 3.90. The van der Waals surface area contributed by atoms with Crippen molar-refractivity contribution in [1.82, 2.24) is 10.3 Å². The molecule has 0 bridgehead atoms. The highest BCUT2D eigenvalue weighted by Gasteiger charge is 2.38.